The molecule has 35 heavy (non-hydrogen) atoms. The average Bonchev–Trinajstić information content (AvgIpc) is 3.27. The minimum atomic E-state index is 0.879. The Bertz CT molecular complexity index is 1600. The molecule has 1 aromatic heterocycles. The van der Waals surface area contributed by atoms with E-state index in [1.165, 1.54) is 44.4 Å². The summed E-state index contributed by atoms with van der Waals surface area (Å²) < 4.78 is 6.07. The molecule has 6 rings (SSSR count). The number of rotatable bonds is 6. The number of hydrogen-bond acceptors (Lipinski definition) is 2. The van der Waals surface area contributed by atoms with Crippen molar-refractivity contribution in [2.75, 3.05) is 11.9 Å². The minimum Gasteiger partial charge on any atom is -0.456 e. The number of anilines is 2. The smallest absolute Gasteiger partial charge is 0.135 e. The van der Waals surface area contributed by atoms with Crippen molar-refractivity contribution in [3.05, 3.63) is 144 Å². The van der Waals surface area contributed by atoms with Gasteiger partial charge in [0.1, 0.15) is 11.2 Å². The van der Waals surface area contributed by atoms with Crippen molar-refractivity contribution in [2.45, 2.75) is 12.8 Å². The van der Waals surface area contributed by atoms with E-state index in [0.29, 0.717) is 0 Å². The third-order valence-corrected chi connectivity index (χ3v) is 6.72. The molecule has 0 aliphatic carbocycles. The summed E-state index contributed by atoms with van der Waals surface area (Å²) in [5, 5.41) is 2.35. The fraction of sp³-hybridized carbons (Fsp3) is 0.0909. The molecule has 0 amide bonds. The molecule has 0 saturated carbocycles. The Morgan fingerprint density at radius 3 is 1.94 bits per heavy atom. The molecule has 0 spiro atoms. The molecule has 2 nitrogen and oxygen atoms in total. The fourth-order valence-corrected chi connectivity index (χ4v) is 4.81. The van der Waals surface area contributed by atoms with Crippen molar-refractivity contribution in [3.63, 3.8) is 0 Å². The van der Waals surface area contributed by atoms with Crippen molar-refractivity contribution >= 4 is 33.3 Å². The zero-order chi connectivity index (χ0) is 23.6. The van der Waals surface area contributed by atoms with Crippen molar-refractivity contribution in [1.82, 2.24) is 0 Å². The van der Waals surface area contributed by atoms with E-state index in [2.05, 4.69) is 121 Å². The first-order valence-corrected chi connectivity index (χ1v) is 12.1. The van der Waals surface area contributed by atoms with Crippen LogP contribution in [0.2, 0.25) is 0 Å². The second kappa shape index (κ2) is 9.15. The first-order valence-electron chi connectivity index (χ1n) is 12.1. The van der Waals surface area contributed by atoms with E-state index >= 15 is 0 Å². The van der Waals surface area contributed by atoms with Gasteiger partial charge >= 0.3 is 0 Å². The first-order chi connectivity index (χ1) is 17.2. The molecule has 0 N–H and O–H groups in total. The van der Waals surface area contributed by atoms with E-state index in [1.54, 1.807) is 0 Å². The van der Waals surface area contributed by atoms with Crippen molar-refractivity contribution in [3.8, 4) is 0 Å². The minimum absolute atomic E-state index is 0.879. The molecule has 0 bridgehead atoms. The van der Waals surface area contributed by atoms with Gasteiger partial charge in [0.25, 0.3) is 0 Å². The van der Waals surface area contributed by atoms with E-state index in [1.807, 2.05) is 12.1 Å². The topological polar surface area (TPSA) is 16.4 Å². The SMILES string of the molecule is CN(c1ccc(Cc2ccc3c(c2)oc2ccccc23)cc1)c1cccc(Cc2ccccc2)c1. The summed E-state index contributed by atoms with van der Waals surface area (Å²) in [5.41, 5.74) is 9.47. The molecule has 0 unspecified atom stereocenters. The molecule has 0 aliphatic rings. The maximum Gasteiger partial charge on any atom is 0.135 e. The molecule has 170 valence electrons. The van der Waals surface area contributed by atoms with Crippen LogP contribution in [0.3, 0.4) is 0 Å². The van der Waals surface area contributed by atoms with Crippen LogP contribution in [0, 0.1) is 0 Å². The molecular formula is C33H27NO. The largest absolute Gasteiger partial charge is 0.456 e. The van der Waals surface area contributed by atoms with E-state index in [-0.39, 0.29) is 0 Å². The summed E-state index contributed by atoms with van der Waals surface area (Å²) in [4.78, 5) is 2.25. The van der Waals surface area contributed by atoms with Crippen LogP contribution in [-0.4, -0.2) is 7.05 Å². The van der Waals surface area contributed by atoms with Gasteiger partial charge in [-0.05, 0) is 71.5 Å². The van der Waals surface area contributed by atoms with Crippen LogP contribution < -0.4 is 4.90 Å². The molecule has 5 aromatic carbocycles. The van der Waals surface area contributed by atoms with Crippen LogP contribution in [0.5, 0.6) is 0 Å². The number of fused-ring (bicyclic) bond motifs is 3. The molecule has 6 aromatic rings. The summed E-state index contributed by atoms with van der Waals surface area (Å²) in [5.74, 6) is 0. The van der Waals surface area contributed by atoms with E-state index < -0.39 is 0 Å². The van der Waals surface area contributed by atoms with E-state index in [9.17, 15) is 0 Å². The standard InChI is InChI=1S/C33H27NO/c1-34(29-11-7-10-26(22-29)20-24-8-3-2-4-9-24)28-17-14-25(15-18-28)21-27-16-19-31-30-12-5-6-13-32(30)35-33(31)23-27/h2-19,22-23H,20-21H2,1H3. The van der Waals surface area contributed by atoms with E-state index in [0.717, 1.165) is 24.0 Å². The molecule has 0 aliphatic heterocycles. The maximum absolute atomic E-state index is 6.07. The fourth-order valence-electron chi connectivity index (χ4n) is 4.81. The predicted molar refractivity (Wildman–Crippen MR) is 147 cm³/mol. The Hall–Kier alpha value is -4.30. The quantitative estimate of drug-likeness (QED) is 0.251. The number of furan rings is 1. The van der Waals surface area contributed by atoms with Gasteiger partial charge in [0.05, 0.1) is 0 Å². The number of hydrogen-bond donors (Lipinski definition) is 0. The van der Waals surface area contributed by atoms with Crippen LogP contribution in [0.1, 0.15) is 22.3 Å². The Morgan fingerprint density at radius 1 is 0.486 bits per heavy atom. The lowest BCUT2D eigenvalue weighted by Gasteiger charge is -2.21. The third kappa shape index (κ3) is 4.43. The van der Waals surface area contributed by atoms with Gasteiger partial charge in [0, 0.05) is 29.2 Å². The monoisotopic (exact) mass is 453 g/mol. The lowest BCUT2D eigenvalue weighted by molar-refractivity contribution is 0.668. The van der Waals surface area contributed by atoms with Gasteiger partial charge in [0.2, 0.25) is 0 Å². The molecule has 2 heteroatoms. The Kier molecular flexibility index (Phi) is 5.56. The van der Waals surface area contributed by atoms with Gasteiger partial charge in [-0.25, -0.2) is 0 Å². The van der Waals surface area contributed by atoms with Crippen molar-refractivity contribution in [1.29, 1.82) is 0 Å². The summed E-state index contributed by atoms with van der Waals surface area (Å²) in [6.45, 7) is 0. The van der Waals surface area contributed by atoms with Gasteiger partial charge < -0.3 is 9.32 Å². The summed E-state index contributed by atoms with van der Waals surface area (Å²) in [6, 6.07) is 43.1. The van der Waals surface area contributed by atoms with Gasteiger partial charge in [-0.15, -0.1) is 0 Å². The average molecular weight is 454 g/mol. The number of para-hydroxylation sites is 1. The van der Waals surface area contributed by atoms with Gasteiger partial charge in [-0.3, -0.25) is 0 Å². The third-order valence-electron chi connectivity index (χ3n) is 6.72. The van der Waals surface area contributed by atoms with Crippen LogP contribution >= 0.6 is 0 Å². The summed E-state index contributed by atoms with van der Waals surface area (Å²) in [7, 11) is 2.13. The second-order valence-electron chi connectivity index (χ2n) is 9.16. The van der Waals surface area contributed by atoms with Crippen molar-refractivity contribution in [2.24, 2.45) is 0 Å². The van der Waals surface area contributed by atoms with Gasteiger partial charge in [-0.2, -0.15) is 0 Å². The maximum atomic E-state index is 6.07. The number of benzene rings is 5. The Morgan fingerprint density at radius 2 is 1.11 bits per heavy atom. The highest BCUT2D eigenvalue weighted by Crippen LogP contribution is 2.30. The highest BCUT2D eigenvalue weighted by atomic mass is 16.3. The van der Waals surface area contributed by atoms with Crippen LogP contribution in [0.25, 0.3) is 21.9 Å². The van der Waals surface area contributed by atoms with E-state index in [4.69, 9.17) is 4.42 Å². The molecule has 0 fully saturated rings. The Balaban J connectivity index is 1.18. The molecule has 0 radical (unpaired) electrons. The van der Waals surface area contributed by atoms with Crippen LogP contribution in [-0.2, 0) is 12.8 Å². The molecule has 1 heterocycles. The van der Waals surface area contributed by atoms with Crippen molar-refractivity contribution < 1.29 is 4.42 Å². The summed E-state index contributed by atoms with van der Waals surface area (Å²) in [6.07, 6.45) is 1.82. The second-order valence-corrected chi connectivity index (χ2v) is 9.16. The number of nitrogens with zero attached hydrogens (tertiary/aromatic N) is 1. The first kappa shape index (κ1) is 21.2. The van der Waals surface area contributed by atoms with Gasteiger partial charge in [0.15, 0.2) is 0 Å². The lowest BCUT2D eigenvalue weighted by atomic mass is 10.0. The zero-order valence-corrected chi connectivity index (χ0v) is 19.8. The zero-order valence-electron chi connectivity index (χ0n) is 19.8. The molecule has 0 saturated heterocycles. The van der Waals surface area contributed by atoms with Crippen LogP contribution in [0.15, 0.2) is 126 Å². The molecular weight excluding hydrogens is 426 g/mol. The normalized spacial score (nSPS) is 11.2. The van der Waals surface area contributed by atoms with Gasteiger partial charge in [-0.1, -0.05) is 84.9 Å². The predicted octanol–water partition coefficient (Wildman–Crippen LogP) is 8.54. The Labute approximate surface area is 206 Å². The summed E-state index contributed by atoms with van der Waals surface area (Å²) >= 11 is 0. The molecule has 0 atom stereocenters. The highest BCUT2D eigenvalue weighted by Gasteiger charge is 2.09. The lowest BCUT2D eigenvalue weighted by Crippen LogP contribution is -2.09. The highest BCUT2D eigenvalue weighted by molar-refractivity contribution is 6.04. The van der Waals surface area contributed by atoms with Crippen LogP contribution in [0.4, 0.5) is 11.4 Å².